The van der Waals surface area contributed by atoms with E-state index in [0.717, 1.165) is 5.56 Å². The number of carbonyl (C=O) groups excluding carboxylic acids is 1. The number of aromatic nitrogens is 1. The van der Waals surface area contributed by atoms with E-state index in [0.29, 0.717) is 12.1 Å². The third-order valence-electron chi connectivity index (χ3n) is 3.15. The van der Waals surface area contributed by atoms with Crippen LogP contribution < -0.4 is 0 Å². The van der Waals surface area contributed by atoms with Gasteiger partial charge in [-0.05, 0) is 38.5 Å². The quantitative estimate of drug-likeness (QED) is 0.853. The molecule has 2 rings (SSSR count). The van der Waals surface area contributed by atoms with Gasteiger partial charge in [0.15, 0.2) is 0 Å². The Balaban J connectivity index is 2.27. The van der Waals surface area contributed by atoms with E-state index >= 15 is 0 Å². The minimum Gasteiger partial charge on any atom is -0.329 e. The van der Waals surface area contributed by atoms with Gasteiger partial charge in [-0.3, -0.25) is 9.78 Å². The highest BCUT2D eigenvalue weighted by atomic mass is 16.2. The molecule has 0 aliphatic heterocycles. The molecule has 0 aliphatic carbocycles. The number of hydrogen-bond acceptors (Lipinski definition) is 2. The van der Waals surface area contributed by atoms with E-state index in [2.05, 4.69) is 4.98 Å². The van der Waals surface area contributed by atoms with Gasteiger partial charge in [-0.1, -0.05) is 30.3 Å². The van der Waals surface area contributed by atoms with Gasteiger partial charge in [-0.25, -0.2) is 0 Å². The lowest BCUT2D eigenvalue weighted by atomic mass is 10.0. The predicted molar refractivity (Wildman–Crippen MR) is 80.3 cm³/mol. The zero-order chi connectivity index (χ0) is 14.6. The summed E-state index contributed by atoms with van der Waals surface area (Å²) in [5.41, 5.74) is 1.50. The smallest absolute Gasteiger partial charge is 0.256 e. The van der Waals surface area contributed by atoms with Crippen molar-refractivity contribution in [1.29, 1.82) is 0 Å². The minimum absolute atomic E-state index is 0.00875. The van der Waals surface area contributed by atoms with Crippen LogP contribution in [-0.2, 0) is 6.54 Å². The second-order valence-electron chi connectivity index (χ2n) is 5.79. The highest BCUT2D eigenvalue weighted by Gasteiger charge is 2.27. The fraction of sp³-hybridized carbons (Fsp3) is 0.294. The first-order chi connectivity index (χ1) is 9.48. The second-order valence-corrected chi connectivity index (χ2v) is 5.79. The largest absolute Gasteiger partial charge is 0.329 e. The summed E-state index contributed by atoms with van der Waals surface area (Å²) in [5, 5.41) is 0. The lowest BCUT2D eigenvalue weighted by Crippen LogP contribution is -2.45. The minimum atomic E-state index is -0.247. The normalized spacial score (nSPS) is 11.2. The van der Waals surface area contributed by atoms with Crippen LogP contribution in [0.3, 0.4) is 0 Å². The van der Waals surface area contributed by atoms with Crippen LogP contribution >= 0.6 is 0 Å². The average Bonchev–Trinajstić information content (AvgIpc) is 2.45. The summed E-state index contributed by atoms with van der Waals surface area (Å²) in [7, 11) is 0. The summed E-state index contributed by atoms with van der Waals surface area (Å²) < 4.78 is 0. The molecule has 0 fully saturated rings. The fourth-order valence-corrected chi connectivity index (χ4v) is 2.02. The van der Waals surface area contributed by atoms with E-state index in [1.807, 2.05) is 56.0 Å². The maximum Gasteiger partial charge on any atom is 0.256 e. The first-order valence-electron chi connectivity index (χ1n) is 6.74. The Morgan fingerprint density at radius 1 is 1.10 bits per heavy atom. The summed E-state index contributed by atoms with van der Waals surface area (Å²) in [6, 6.07) is 13.6. The number of rotatable bonds is 3. The van der Waals surface area contributed by atoms with Crippen molar-refractivity contribution >= 4 is 5.91 Å². The van der Waals surface area contributed by atoms with Gasteiger partial charge in [0.25, 0.3) is 5.91 Å². The van der Waals surface area contributed by atoms with Gasteiger partial charge in [0.2, 0.25) is 0 Å². The van der Waals surface area contributed by atoms with E-state index in [1.165, 1.54) is 0 Å². The van der Waals surface area contributed by atoms with E-state index < -0.39 is 0 Å². The van der Waals surface area contributed by atoms with Crippen molar-refractivity contribution in [1.82, 2.24) is 9.88 Å². The summed E-state index contributed by atoms with van der Waals surface area (Å²) >= 11 is 0. The standard InChI is InChI=1S/C17H20N2O/c1-17(2,3)19(13-14-8-5-4-6-9-14)16(20)15-10-7-11-18-12-15/h4-12H,13H2,1-3H3. The van der Waals surface area contributed by atoms with Crippen LogP contribution in [0.25, 0.3) is 0 Å². The number of hydrogen-bond donors (Lipinski definition) is 0. The van der Waals surface area contributed by atoms with E-state index in [4.69, 9.17) is 0 Å². The van der Waals surface area contributed by atoms with Crippen LogP contribution in [0.2, 0.25) is 0 Å². The molecular weight excluding hydrogens is 248 g/mol. The number of benzene rings is 1. The third kappa shape index (κ3) is 3.44. The van der Waals surface area contributed by atoms with Gasteiger partial charge in [-0.15, -0.1) is 0 Å². The molecule has 0 N–H and O–H groups in total. The third-order valence-corrected chi connectivity index (χ3v) is 3.15. The Bertz CT molecular complexity index is 559. The topological polar surface area (TPSA) is 33.2 Å². The van der Waals surface area contributed by atoms with E-state index in [9.17, 15) is 4.79 Å². The maximum absolute atomic E-state index is 12.7. The zero-order valence-corrected chi connectivity index (χ0v) is 12.2. The molecule has 0 saturated heterocycles. The van der Waals surface area contributed by atoms with Crippen LogP contribution in [0.1, 0.15) is 36.7 Å². The van der Waals surface area contributed by atoms with Crippen molar-refractivity contribution in [3.05, 3.63) is 66.0 Å². The van der Waals surface area contributed by atoms with E-state index in [1.54, 1.807) is 24.5 Å². The van der Waals surface area contributed by atoms with Gasteiger partial charge >= 0.3 is 0 Å². The van der Waals surface area contributed by atoms with Gasteiger partial charge < -0.3 is 4.90 Å². The maximum atomic E-state index is 12.7. The zero-order valence-electron chi connectivity index (χ0n) is 12.2. The predicted octanol–water partition coefficient (Wildman–Crippen LogP) is 3.52. The monoisotopic (exact) mass is 268 g/mol. The van der Waals surface area contributed by atoms with Crippen LogP contribution in [-0.4, -0.2) is 21.3 Å². The number of amides is 1. The van der Waals surface area contributed by atoms with Gasteiger partial charge in [0.05, 0.1) is 5.56 Å². The summed E-state index contributed by atoms with van der Waals surface area (Å²) in [6.45, 7) is 6.73. The summed E-state index contributed by atoms with van der Waals surface area (Å²) in [4.78, 5) is 18.6. The lowest BCUT2D eigenvalue weighted by molar-refractivity contribution is 0.0558. The van der Waals surface area contributed by atoms with Crippen molar-refractivity contribution in [3.8, 4) is 0 Å². The van der Waals surface area contributed by atoms with Crippen LogP contribution in [0, 0.1) is 0 Å². The van der Waals surface area contributed by atoms with Crippen molar-refractivity contribution in [3.63, 3.8) is 0 Å². The van der Waals surface area contributed by atoms with Crippen LogP contribution in [0.4, 0.5) is 0 Å². The van der Waals surface area contributed by atoms with Gasteiger partial charge in [0, 0.05) is 24.5 Å². The SMILES string of the molecule is CC(C)(C)N(Cc1ccccc1)C(=O)c1cccnc1. The molecule has 0 unspecified atom stereocenters. The number of pyridine rings is 1. The van der Waals surface area contributed by atoms with Gasteiger partial charge in [0.1, 0.15) is 0 Å². The number of nitrogens with zero attached hydrogens (tertiary/aromatic N) is 2. The molecule has 0 atom stereocenters. The molecule has 0 aliphatic rings. The molecule has 1 aromatic heterocycles. The second kappa shape index (κ2) is 5.87. The molecule has 2 aromatic rings. The Kier molecular flexibility index (Phi) is 4.18. The Hall–Kier alpha value is -2.16. The van der Waals surface area contributed by atoms with Crippen LogP contribution in [0.5, 0.6) is 0 Å². The van der Waals surface area contributed by atoms with Crippen LogP contribution in [0.15, 0.2) is 54.9 Å². The molecule has 1 heterocycles. The molecule has 0 spiro atoms. The van der Waals surface area contributed by atoms with E-state index in [-0.39, 0.29) is 11.4 Å². The summed E-state index contributed by atoms with van der Waals surface area (Å²) in [5.74, 6) is 0.00875. The molecule has 3 nitrogen and oxygen atoms in total. The fourth-order valence-electron chi connectivity index (χ4n) is 2.02. The molecular formula is C17H20N2O. The Labute approximate surface area is 120 Å². The van der Waals surface area contributed by atoms with Crippen molar-refractivity contribution in [2.75, 3.05) is 0 Å². The number of carbonyl (C=O) groups is 1. The first kappa shape index (κ1) is 14.3. The average molecular weight is 268 g/mol. The Morgan fingerprint density at radius 3 is 2.35 bits per heavy atom. The molecule has 0 radical (unpaired) electrons. The molecule has 1 aromatic carbocycles. The van der Waals surface area contributed by atoms with Crippen molar-refractivity contribution in [2.24, 2.45) is 0 Å². The Morgan fingerprint density at radius 2 is 1.80 bits per heavy atom. The molecule has 3 heteroatoms. The highest BCUT2D eigenvalue weighted by molar-refractivity contribution is 5.94. The summed E-state index contributed by atoms with van der Waals surface area (Å²) in [6.07, 6.45) is 3.29. The van der Waals surface area contributed by atoms with Gasteiger partial charge in [-0.2, -0.15) is 0 Å². The van der Waals surface area contributed by atoms with Crippen molar-refractivity contribution in [2.45, 2.75) is 32.9 Å². The molecule has 20 heavy (non-hydrogen) atoms. The first-order valence-corrected chi connectivity index (χ1v) is 6.74. The van der Waals surface area contributed by atoms with Crippen molar-refractivity contribution < 1.29 is 4.79 Å². The lowest BCUT2D eigenvalue weighted by Gasteiger charge is -2.36. The molecule has 0 bridgehead atoms. The molecule has 1 amide bonds. The molecule has 104 valence electrons. The highest BCUT2D eigenvalue weighted by Crippen LogP contribution is 2.20. The molecule has 0 saturated carbocycles.